The third-order valence-electron chi connectivity index (χ3n) is 7.04. The van der Waals surface area contributed by atoms with E-state index in [1.165, 1.54) is 26.6 Å². The first kappa shape index (κ1) is 32.0. The molecule has 1 heterocycles. The van der Waals surface area contributed by atoms with E-state index in [1.807, 2.05) is 0 Å². The summed E-state index contributed by atoms with van der Waals surface area (Å²) in [6.45, 7) is 5.99. The summed E-state index contributed by atoms with van der Waals surface area (Å²) in [5.74, 6) is 0.349. The minimum Gasteiger partial charge on any atom is -0.493 e. The first-order chi connectivity index (χ1) is 20.4. The van der Waals surface area contributed by atoms with Gasteiger partial charge in [-0.25, -0.2) is 19.2 Å². The minimum atomic E-state index is -0.913. The van der Waals surface area contributed by atoms with Crippen LogP contribution in [-0.2, 0) is 14.3 Å². The number of halogens is 2. The molecule has 1 aliphatic rings. The van der Waals surface area contributed by atoms with E-state index in [0.29, 0.717) is 60.4 Å². The fourth-order valence-electron chi connectivity index (χ4n) is 4.95. The zero-order chi connectivity index (χ0) is 31.2. The van der Waals surface area contributed by atoms with Crippen molar-refractivity contribution in [3.8, 4) is 11.5 Å². The van der Waals surface area contributed by atoms with Crippen molar-refractivity contribution in [2.45, 2.75) is 63.7 Å². The van der Waals surface area contributed by atoms with Crippen LogP contribution in [0.25, 0.3) is 10.9 Å². The van der Waals surface area contributed by atoms with Crippen LogP contribution in [0.3, 0.4) is 0 Å². The Kier molecular flexibility index (Phi) is 10.1. The normalized spacial score (nSPS) is 18.5. The predicted molar refractivity (Wildman–Crippen MR) is 161 cm³/mol. The third kappa shape index (κ3) is 7.94. The second-order valence-corrected chi connectivity index (χ2v) is 11.6. The van der Waals surface area contributed by atoms with Gasteiger partial charge < -0.3 is 34.9 Å². The van der Waals surface area contributed by atoms with Crippen LogP contribution in [0, 0.1) is 5.82 Å². The van der Waals surface area contributed by atoms with Gasteiger partial charge in [-0.05, 0) is 64.7 Å². The van der Waals surface area contributed by atoms with Crippen LogP contribution < -0.4 is 25.4 Å². The quantitative estimate of drug-likeness (QED) is 0.197. The summed E-state index contributed by atoms with van der Waals surface area (Å²) in [5, 5.41) is 9.55. The monoisotopic (exact) mass is 617 g/mol. The van der Waals surface area contributed by atoms with Crippen molar-refractivity contribution in [2.75, 3.05) is 32.6 Å². The van der Waals surface area contributed by atoms with Crippen molar-refractivity contribution in [3.63, 3.8) is 0 Å². The number of hydrogen-bond acceptors (Lipinski definition) is 10. The Morgan fingerprint density at radius 1 is 1.09 bits per heavy atom. The van der Waals surface area contributed by atoms with Crippen molar-refractivity contribution in [1.82, 2.24) is 20.6 Å². The Balaban J connectivity index is 1.45. The van der Waals surface area contributed by atoms with E-state index in [-0.39, 0.29) is 29.3 Å². The molecule has 0 radical (unpaired) electrons. The molecule has 3 aromatic rings. The molecule has 0 aliphatic heterocycles. The molecule has 11 nitrogen and oxygen atoms in total. The number of carbonyl (C=O) groups is 2. The molecule has 1 aliphatic carbocycles. The average molecular weight is 618 g/mol. The van der Waals surface area contributed by atoms with Gasteiger partial charge in [-0.2, -0.15) is 0 Å². The number of nitrogens with zero attached hydrogens (tertiary/aromatic N) is 2. The van der Waals surface area contributed by atoms with E-state index in [9.17, 15) is 14.0 Å². The summed E-state index contributed by atoms with van der Waals surface area (Å²) in [7, 11) is 2.89. The van der Waals surface area contributed by atoms with Gasteiger partial charge in [0.05, 0.1) is 36.6 Å². The lowest BCUT2D eigenvalue weighted by Gasteiger charge is -2.38. The van der Waals surface area contributed by atoms with Gasteiger partial charge in [-0.15, -0.1) is 0 Å². The summed E-state index contributed by atoms with van der Waals surface area (Å²) in [6.07, 6.45) is 2.63. The van der Waals surface area contributed by atoms with Crippen LogP contribution in [0.5, 0.6) is 11.5 Å². The van der Waals surface area contributed by atoms with Crippen molar-refractivity contribution >= 4 is 46.1 Å². The number of carbonyl (C=O) groups excluding carboxylic acids is 2. The summed E-state index contributed by atoms with van der Waals surface area (Å²) in [6, 6.07) is 8.15. The number of benzene rings is 2. The third-order valence-corrected chi connectivity index (χ3v) is 7.33. The SMILES string of the molecule is COc1cc2ncnc(Nc3cccc(Cl)c3F)c2cc1O[C@H]1CC[C@@](NCCNC(=O)OC(C)(C)C)(C(=O)OC)CC1. The molecule has 2 aromatic carbocycles. The maximum absolute atomic E-state index is 14.6. The highest BCUT2D eigenvalue weighted by atomic mass is 35.5. The smallest absolute Gasteiger partial charge is 0.407 e. The van der Waals surface area contributed by atoms with E-state index < -0.39 is 23.1 Å². The molecule has 1 aromatic heterocycles. The molecule has 13 heteroatoms. The van der Waals surface area contributed by atoms with Crippen LogP contribution >= 0.6 is 11.6 Å². The molecular weight excluding hydrogens is 581 g/mol. The number of rotatable bonds is 10. The number of amides is 1. The first-order valence-electron chi connectivity index (χ1n) is 14.0. The lowest BCUT2D eigenvalue weighted by Crippen LogP contribution is -2.57. The molecule has 232 valence electrons. The van der Waals surface area contributed by atoms with Gasteiger partial charge >= 0.3 is 12.1 Å². The number of alkyl carbamates (subject to hydrolysis) is 1. The van der Waals surface area contributed by atoms with Crippen molar-refractivity contribution in [1.29, 1.82) is 0 Å². The molecule has 0 atom stereocenters. The maximum atomic E-state index is 14.6. The van der Waals surface area contributed by atoms with E-state index in [1.54, 1.807) is 45.0 Å². The zero-order valence-corrected chi connectivity index (χ0v) is 25.6. The summed E-state index contributed by atoms with van der Waals surface area (Å²) in [4.78, 5) is 33.4. The fourth-order valence-corrected chi connectivity index (χ4v) is 5.13. The molecule has 0 saturated heterocycles. The lowest BCUT2D eigenvalue weighted by molar-refractivity contribution is -0.151. The molecule has 0 bridgehead atoms. The van der Waals surface area contributed by atoms with Crippen molar-refractivity contribution < 1.29 is 32.9 Å². The van der Waals surface area contributed by atoms with E-state index >= 15 is 0 Å². The van der Waals surface area contributed by atoms with Gasteiger partial charge in [0.15, 0.2) is 17.3 Å². The Hall–Kier alpha value is -3.90. The first-order valence-corrected chi connectivity index (χ1v) is 14.3. The average Bonchev–Trinajstić information content (AvgIpc) is 2.97. The van der Waals surface area contributed by atoms with Crippen LogP contribution in [0.2, 0.25) is 5.02 Å². The number of fused-ring (bicyclic) bond motifs is 1. The highest BCUT2D eigenvalue weighted by Gasteiger charge is 2.43. The Morgan fingerprint density at radius 2 is 1.84 bits per heavy atom. The van der Waals surface area contributed by atoms with Crippen LogP contribution in [0.4, 0.5) is 20.7 Å². The van der Waals surface area contributed by atoms with Gasteiger partial charge in [-0.1, -0.05) is 17.7 Å². The highest BCUT2D eigenvalue weighted by Crippen LogP contribution is 2.38. The number of nitrogens with one attached hydrogen (secondary N) is 3. The number of esters is 1. The molecule has 1 amide bonds. The van der Waals surface area contributed by atoms with Gasteiger partial charge in [-0.3, -0.25) is 4.79 Å². The predicted octanol–water partition coefficient (Wildman–Crippen LogP) is 5.52. The van der Waals surface area contributed by atoms with Crippen LogP contribution in [-0.4, -0.2) is 66.6 Å². The van der Waals surface area contributed by atoms with E-state index in [4.69, 9.17) is 30.5 Å². The number of aromatic nitrogens is 2. The number of ether oxygens (including phenoxy) is 4. The zero-order valence-electron chi connectivity index (χ0n) is 24.9. The Bertz CT molecular complexity index is 1460. The summed E-state index contributed by atoms with van der Waals surface area (Å²) < 4.78 is 36.9. The summed E-state index contributed by atoms with van der Waals surface area (Å²) in [5.41, 5.74) is -0.771. The molecule has 0 unspecified atom stereocenters. The van der Waals surface area contributed by atoms with E-state index in [0.717, 1.165) is 0 Å². The molecule has 43 heavy (non-hydrogen) atoms. The molecule has 0 spiro atoms. The maximum Gasteiger partial charge on any atom is 0.407 e. The van der Waals surface area contributed by atoms with Crippen LogP contribution in [0.1, 0.15) is 46.5 Å². The van der Waals surface area contributed by atoms with Gasteiger partial charge in [0.25, 0.3) is 0 Å². The lowest BCUT2D eigenvalue weighted by atomic mass is 9.80. The van der Waals surface area contributed by atoms with Gasteiger partial charge in [0.2, 0.25) is 0 Å². The number of methoxy groups -OCH3 is 2. The van der Waals surface area contributed by atoms with Gasteiger partial charge in [0.1, 0.15) is 23.3 Å². The minimum absolute atomic E-state index is 0.0109. The standard InChI is InChI=1S/C30H37ClFN5O6/c1-29(2,3)43-28(39)33-13-14-36-30(27(38)41-5)11-9-18(10-12-30)42-24-15-19-22(16-23(24)40-4)34-17-35-26(19)37-21-8-6-7-20(31)25(21)32/h6-8,15-18,36H,9-14H2,1-5H3,(H,33,39)(H,34,35,37)/t18-,30-. The molecule has 1 fully saturated rings. The molecular formula is C30H37ClFN5O6. The van der Waals surface area contributed by atoms with Crippen molar-refractivity contribution in [2.24, 2.45) is 0 Å². The molecule has 3 N–H and O–H groups in total. The fraction of sp³-hybridized carbons (Fsp3) is 0.467. The summed E-state index contributed by atoms with van der Waals surface area (Å²) >= 11 is 5.95. The Labute approximate surface area is 254 Å². The largest absolute Gasteiger partial charge is 0.493 e. The highest BCUT2D eigenvalue weighted by molar-refractivity contribution is 6.31. The number of anilines is 2. The van der Waals surface area contributed by atoms with Gasteiger partial charge in [0, 0.05) is 24.5 Å². The topological polar surface area (TPSA) is 133 Å². The number of hydrogen-bond donors (Lipinski definition) is 3. The molecule has 4 rings (SSSR count). The molecule has 1 saturated carbocycles. The second-order valence-electron chi connectivity index (χ2n) is 11.2. The van der Waals surface area contributed by atoms with Crippen molar-refractivity contribution in [3.05, 3.63) is 47.5 Å². The second kappa shape index (κ2) is 13.6. The van der Waals surface area contributed by atoms with Crippen LogP contribution in [0.15, 0.2) is 36.7 Å². The Morgan fingerprint density at radius 3 is 2.51 bits per heavy atom. The van der Waals surface area contributed by atoms with E-state index in [2.05, 4.69) is 25.9 Å².